The van der Waals surface area contributed by atoms with Crippen LogP contribution < -0.4 is 5.32 Å². The Bertz CT molecular complexity index is 256. The molecule has 0 aromatic rings. The Labute approximate surface area is 71.8 Å². The summed E-state index contributed by atoms with van der Waals surface area (Å²) >= 11 is 0. The van der Waals surface area contributed by atoms with Gasteiger partial charge in [-0.2, -0.15) is 5.26 Å². The second kappa shape index (κ2) is 2.48. The van der Waals surface area contributed by atoms with Crippen LogP contribution in [0.15, 0.2) is 0 Å². The molecule has 0 radical (unpaired) electrons. The van der Waals surface area contributed by atoms with Gasteiger partial charge in [-0.25, -0.2) is 0 Å². The number of hydrogen-bond donors (Lipinski definition) is 1. The van der Waals surface area contributed by atoms with Gasteiger partial charge in [0.25, 0.3) is 0 Å². The number of carbonyl (C=O) groups is 1. The molecular weight excluding hydrogens is 152 g/mol. The van der Waals surface area contributed by atoms with Crippen molar-refractivity contribution in [2.45, 2.75) is 37.6 Å². The van der Waals surface area contributed by atoms with Gasteiger partial charge in [0.05, 0.1) is 6.07 Å². The summed E-state index contributed by atoms with van der Waals surface area (Å²) in [6.45, 7) is 0. The molecule has 0 spiro atoms. The predicted molar refractivity (Wildman–Crippen MR) is 43.1 cm³/mol. The normalized spacial score (nSPS) is 39.9. The summed E-state index contributed by atoms with van der Waals surface area (Å²) in [5.74, 6) is 0.340. The van der Waals surface area contributed by atoms with E-state index in [1.807, 2.05) is 0 Å². The van der Waals surface area contributed by atoms with Gasteiger partial charge in [-0.1, -0.05) is 12.8 Å². The monoisotopic (exact) mass is 164 g/mol. The van der Waals surface area contributed by atoms with E-state index in [0.717, 1.165) is 19.3 Å². The first kappa shape index (κ1) is 7.60. The molecule has 2 unspecified atom stereocenters. The highest BCUT2D eigenvalue weighted by Crippen LogP contribution is 2.39. The van der Waals surface area contributed by atoms with Crippen LogP contribution in [0.5, 0.6) is 0 Å². The topological polar surface area (TPSA) is 52.9 Å². The average Bonchev–Trinajstić information content (AvgIpc) is 2.41. The SMILES string of the molecule is N#CC12CCCCC1CC(=O)N2. The van der Waals surface area contributed by atoms with Crippen LogP contribution in [0.3, 0.4) is 0 Å². The van der Waals surface area contributed by atoms with E-state index in [2.05, 4.69) is 11.4 Å². The summed E-state index contributed by atoms with van der Waals surface area (Å²) in [5.41, 5.74) is -0.491. The number of hydrogen-bond acceptors (Lipinski definition) is 2. The molecule has 2 rings (SSSR count). The van der Waals surface area contributed by atoms with Crippen LogP contribution in [0.4, 0.5) is 0 Å². The Kier molecular flexibility index (Phi) is 1.57. The van der Waals surface area contributed by atoms with Crippen LogP contribution in [-0.2, 0) is 4.79 Å². The molecule has 1 aliphatic heterocycles. The summed E-state index contributed by atoms with van der Waals surface area (Å²) in [5, 5.41) is 11.8. The molecule has 3 nitrogen and oxygen atoms in total. The van der Waals surface area contributed by atoms with Crippen molar-refractivity contribution in [1.29, 1.82) is 5.26 Å². The zero-order valence-electron chi connectivity index (χ0n) is 6.97. The van der Waals surface area contributed by atoms with E-state index in [9.17, 15) is 4.79 Å². The molecule has 1 heterocycles. The molecule has 2 fully saturated rings. The van der Waals surface area contributed by atoms with Crippen molar-refractivity contribution in [2.24, 2.45) is 5.92 Å². The maximum atomic E-state index is 11.1. The molecule has 12 heavy (non-hydrogen) atoms. The number of carbonyl (C=O) groups excluding carboxylic acids is 1. The van der Waals surface area contributed by atoms with Crippen molar-refractivity contribution in [1.82, 2.24) is 5.32 Å². The van der Waals surface area contributed by atoms with Gasteiger partial charge in [0.1, 0.15) is 5.54 Å². The second-order valence-electron chi connectivity index (χ2n) is 3.78. The van der Waals surface area contributed by atoms with Crippen LogP contribution in [0.25, 0.3) is 0 Å². The highest BCUT2D eigenvalue weighted by molar-refractivity contribution is 5.81. The molecule has 2 atom stereocenters. The Morgan fingerprint density at radius 1 is 1.58 bits per heavy atom. The lowest BCUT2D eigenvalue weighted by Crippen LogP contribution is -2.46. The van der Waals surface area contributed by atoms with Crippen molar-refractivity contribution in [3.8, 4) is 6.07 Å². The lowest BCUT2D eigenvalue weighted by molar-refractivity contribution is -0.119. The van der Waals surface area contributed by atoms with Gasteiger partial charge >= 0.3 is 0 Å². The van der Waals surface area contributed by atoms with Crippen LogP contribution in [0, 0.1) is 17.2 Å². The molecule has 1 amide bonds. The summed E-state index contributed by atoms with van der Waals surface area (Å²) in [6.07, 6.45) is 4.69. The molecule has 64 valence electrons. The zero-order valence-corrected chi connectivity index (χ0v) is 6.97. The maximum Gasteiger partial charge on any atom is 0.221 e. The van der Waals surface area contributed by atoms with E-state index in [4.69, 9.17) is 5.26 Å². The van der Waals surface area contributed by atoms with Gasteiger partial charge in [-0.3, -0.25) is 4.79 Å². The molecule has 2 aliphatic rings. The van der Waals surface area contributed by atoms with Gasteiger partial charge in [0.15, 0.2) is 0 Å². The predicted octanol–water partition coefficient (Wildman–Crippen LogP) is 0.959. The van der Waals surface area contributed by atoms with Gasteiger partial charge in [-0.05, 0) is 12.8 Å². The Morgan fingerprint density at radius 2 is 2.42 bits per heavy atom. The lowest BCUT2D eigenvalue weighted by atomic mass is 9.75. The Hall–Kier alpha value is -1.04. The van der Waals surface area contributed by atoms with Crippen LogP contribution >= 0.6 is 0 Å². The van der Waals surface area contributed by atoms with Crippen LogP contribution in [0.1, 0.15) is 32.1 Å². The molecule has 0 aromatic heterocycles. The molecule has 1 N–H and O–H groups in total. The third kappa shape index (κ3) is 0.911. The van der Waals surface area contributed by atoms with E-state index in [1.165, 1.54) is 6.42 Å². The summed E-state index contributed by atoms with van der Waals surface area (Å²) in [4.78, 5) is 11.1. The average molecular weight is 164 g/mol. The molecule has 1 aliphatic carbocycles. The van der Waals surface area contributed by atoms with Crippen LogP contribution in [0.2, 0.25) is 0 Å². The minimum absolute atomic E-state index is 0.0588. The van der Waals surface area contributed by atoms with Crippen molar-refractivity contribution in [2.75, 3.05) is 0 Å². The lowest BCUT2D eigenvalue weighted by Gasteiger charge is -2.32. The largest absolute Gasteiger partial charge is 0.338 e. The van der Waals surface area contributed by atoms with Crippen molar-refractivity contribution < 1.29 is 4.79 Å². The third-order valence-corrected chi connectivity index (χ3v) is 3.06. The first-order chi connectivity index (χ1) is 5.77. The smallest absolute Gasteiger partial charge is 0.221 e. The van der Waals surface area contributed by atoms with Crippen molar-refractivity contribution >= 4 is 5.91 Å². The second-order valence-corrected chi connectivity index (χ2v) is 3.78. The fraction of sp³-hybridized carbons (Fsp3) is 0.778. The minimum atomic E-state index is -0.491. The standard InChI is InChI=1S/C9H12N2O/c10-6-9-4-2-1-3-7(9)5-8(12)11-9/h7H,1-5H2,(H,11,12). The molecule has 1 saturated heterocycles. The quantitative estimate of drug-likeness (QED) is 0.579. The molecular formula is C9H12N2O. The van der Waals surface area contributed by atoms with E-state index < -0.39 is 5.54 Å². The van der Waals surface area contributed by atoms with E-state index in [-0.39, 0.29) is 11.8 Å². The Balaban J connectivity index is 2.26. The Morgan fingerprint density at radius 3 is 3.08 bits per heavy atom. The maximum absolute atomic E-state index is 11.1. The van der Waals surface area contributed by atoms with E-state index in [1.54, 1.807) is 0 Å². The van der Waals surface area contributed by atoms with Gasteiger partial charge in [0.2, 0.25) is 5.91 Å². The summed E-state index contributed by atoms with van der Waals surface area (Å²) in [7, 11) is 0. The van der Waals surface area contributed by atoms with Gasteiger partial charge < -0.3 is 5.32 Å². The van der Waals surface area contributed by atoms with E-state index in [0.29, 0.717) is 6.42 Å². The molecule has 3 heteroatoms. The number of nitrogens with one attached hydrogen (secondary N) is 1. The fourth-order valence-electron chi connectivity index (χ4n) is 2.38. The van der Waals surface area contributed by atoms with Crippen molar-refractivity contribution in [3.05, 3.63) is 0 Å². The van der Waals surface area contributed by atoms with Crippen molar-refractivity contribution in [3.63, 3.8) is 0 Å². The summed E-state index contributed by atoms with van der Waals surface area (Å²) < 4.78 is 0. The molecule has 0 bridgehead atoms. The van der Waals surface area contributed by atoms with Gasteiger partial charge in [0, 0.05) is 12.3 Å². The third-order valence-electron chi connectivity index (χ3n) is 3.06. The van der Waals surface area contributed by atoms with Gasteiger partial charge in [-0.15, -0.1) is 0 Å². The molecule has 1 saturated carbocycles. The molecule has 0 aromatic carbocycles. The highest BCUT2D eigenvalue weighted by Gasteiger charge is 2.47. The zero-order chi connectivity index (χ0) is 8.60. The number of nitrogens with zero attached hydrogens (tertiary/aromatic N) is 1. The number of amides is 1. The van der Waals surface area contributed by atoms with Crippen LogP contribution in [-0.4, -0.2) is 11.4 Å². The number of nitriles is 1. The minimum Gasteiger partial charge on any atom is -0.338 e. The highest BCUT2D eigenvalue weighted by atomic mass is 16.2. The summed E-state index contributed by atoms with van der Waals surface area (Å²) in [6, 6.07) is 2.28. The first-order valence-electron chi connectivity index (χ1n) is 4.49. The number of fused-ring (bicyclic) bond motifs is 1. The first-order valence-corrected chi connectivity index (χ1v) is 4.49. The van der Waals surface area contributed by atoms with E-state index >= 15 is 0 Å². The number of rotatable bonds is 0. The fourth-order valence-corrected chi connectivity index (χ4v) is 2.38.